The average molecular weight is 302 g/mol. The summed E-state index contributed by atoms with van der Waals surface area (Å²) in [4.78, 5) is 12.8. The lowest BCUT2D eigenvalue weighted by atomic mass is 9.87. The summed E-state index contributed by atoms with van der Waals surface area (Å²) in [5, 5.41) is 10.5. The van der Waals surface area contributed by atoms with E-state index in [2.05, 4.69) is 15.7 Å². The zero-order chi connectivity index (χ0) is 15.4. The van der Waals surface area contributed by atoms with Crippen LogP contribution in [0.15, 0.2) is 42.7 Å². The monoisotopic (exact) mass is 302 g/mol. The molecule has 2 N–H and O–H groups in total. The molecular formula is C16H19FN4O. The summed E-state index contributed by atoms with van der Waals surface area (Å²) in [5.74, 6) is -0.316. The molecule has 0 radical (unpaired) electrons. The summed E-state index contributed by atoms with van der Waals surface area (Å²) in [6, 6.07) is 7.98. The minimum atomic E-state index is -0.644. The molecule has 1 aromatic heterocycles. The van der Waals surface area contributed by atoms with Gasteiger partial charge in [-0.15, -0.1) is 0 Å². The third-order valence-electron chi connectivity index (χ3n) is 4.16. The second-order valence-electron chi connectivity index (χ2n) is 5.54. The van der Waals surface area contributed by atoms with E-state index >= 15 is 0 Å². The van der Waals surface area contributed by atoms with Crippen molar-refractivity contribution in [3.05, 3.63) is 54.1 Å². The van der Waals surface area contributed by atoms with Gasteiger partial charge in [0.25, 0.3) is 0 Å². The van der Waals surface area contributed by atoms with Gasteiger partial charge < -0.3 is 10.6 Å². The topological polar surface area (TPSA) is 59.0 Å². The zero-order valence-corrected chi connectivity index (χ0v) is 12.3. The van der Waals surface area contributed by atoms with Crippen molar-refractivity contribution in [2.24, 2.45) is 0 Å². The van der Waals surface area contributed by atoms with Crippen LogP contribution in [-0.2, 0) is 16.9 Å². The second-order valence-corrected chi connectivity index (χ2v) is 5.54. The number of piperidine rings is 1. The molecule has 0 bridgehead atoms. The number of carbonyl (C=O) groups excluding carboxylic acids is 1. The van der Waals surface area contributed by atoms with Crippen molar-refractivity contribution in [1.82, 2.24) is 20.4 Å². The highest BCUT2D eigenvalue weighted by Crippen LogP contribution is 2.27. The van der Waals surface area contributed by atoms with Gasteiger partial charge in [-0.2, -0.15) is 5.10 Å². The molecule has 0 unspecified atom stereocenters. The Morgan fingerprint density at radius 2 is 2.05 bits per heavy atom. The molecule has 1 aliphatic rings. The van der Waals surface area contributed by atoms with Crippen LogP contribution in [0.3, 0.4) is 0 Å². The fourth-order valence-electron chi connectivity index (χ4n) is 2.87. The summed E-state index contributed by atoms with van der Waals surface area (Å²) < 4.78 is 14.7. The van der Waals surface area contributed by atoms with Gasteiger partial charge in [-0.25, -0.2) is 4.39 Å². The van der Waals surface area contributed by atoms with Crippen molar-refractivity contribution in [3.63, 3.8) is 0 Å². The molecule has 0 aliphatic carbocycles. The molecule has 1 amide bonds. The van der Waals surface area contributed by atoms with E-state index in [1.54, 1.807) is 23.0 Å². The Balaban J connectivity index is 1.74. The first kappa shape index (κ1) is 14.7. The molecule has 2 aromatic rings. The standard InChI is InChI=1S/C16H19FN4O/c17-14-4-2-13(3-5-14)12-19-15(22)16(6-9-18-10-7-16)21-11-1-8-20-21/h1-5,8,11,18H,6-7,9-10,12H2,(H,19,22). The number of benzene rings is 1. The van der Waals surface area contributed by atoms with Crippen LogP contribution in [0, 0.1) is 5.82 Å². The van der Waals surface area contributed by atoms with E-state index in [9.17, 15) is 9.18 Å². The van der Waals surface area contributed by atoms with Crippen LogP contribution >= 0.6 is 0 Å². The fourth-order valence-corrected chi connectivity index (χ4v) is 2.87. The zero-order valence-electron chi connectivity index (χ0n) is 12.3. The highest BCUT2D eigenvalue weighted by atomic mass is 19.1. The first-order chi connectivity index (χ1) is 10.7. The van der Waals surface area contributed by atoms with Gasteiger partial charge >= 0.3 is 0 Å². The van der Waals surface area contributed by atoms with Crippen molar-refractivity contribution in [1.29, 1.82) is 0 Å². The average Bonchev–Trinajstić information content (AvgIpc) is 3.09. The van der Waals surface area contributed by atoms with Gasteiger partial charge in [-0.05, 0) is 49.7 Å². The number of nitrogens with zero attached hydrogens (tertiary/aromatic N) is 2. The Hall–Kier alpha value is -2.21. The Bertz CT molecular complexity index is 618. The molecule has 2 heterocycles. The molecule has 1 saturated heterocycles. The first-order valence-electron chi connectivity index (χ1n) is 7.44. The molecule has 0 saturated carbocycles. The lowest BCUT2D eigenvalue weighted by Crippen LogP contribution is -2.54. The van der Waals surface area contributed by atoms with Gasteiger partial charge in [0.15, 0.2) is 0 Å². The van der Waals surface area contributed by atoms with Crippen LogP contribution in [0.4, 0.5) is 4.39 Å². The molecule has 5 nitrogen and oxygen atoms in total. The number of aromatic nitrogens is 2. The molecule has 1 aliphatic heterocycles. The first-order valence-corrected chi connectivity index (χ1v) is 7.44. The van der Waals surface area contributed by atoms with E-state index in [1.165, 1.54) is 12.1 Å². The molecule has 1 fully saturated rings. The number of carbonyl (C=O) groups is 1. The predicted octanol–water partition coefficient (Wildman–Crippen LogP) is 1.42. The lowest BCUT2D eigenvalue weighted by Gasteiger charge is -2.36. The molecule has 6 heteroatoms. The van der Waals surface area contributed by atoms with Crippen molar-refractivity contribution in [3.8, 4) is 0 Å². The van der Waals surface area contributed by atoms with Gasteiger partial charge in [-0.1, -0.05) is 12.1 Å². The smallest absolute Gasteiger partial charge is 0.248 e. The molecule has 0 spiro atoms. The molecule has 22 heavy (non-hydrogen) atoms. The van der Waals surface area contributed by atoms with Gasteiger partial charge in [0, 0.05) is 18.9 Å². The van der Waals surface area contributed by atoms with Crippen molar-refractivity contribution >= 4 is 5.91 Å². The normalized spacial score (nSPS) is 17.1. The van der Waals surface area contributed by atoms with Crippen LogP contribution in [0.5, 0.6) is 0 Å². The van der Waals surface area contributed by atoms with E-state index in [1.807, 2.05) is 12.3 Å². The highest BCUT2D eigenvalue weighted by Gasteiger charge is 2.41. The second kappa shape index (κ2) is 6.27. The lowest BCUT2D eigenvalue weighted by molar-refractivity contribution is -0.132. The number of amides is 1. The fraction of sp³-hybridized carbons (Fsp3) is 0.375. The number of hydrogen-bond acceptors (Lipinski definition) is 3. The van der Waals surface area contributed by atoms with Gasteiger partial charge in [0.05, 0.1) is 0 Å². The van der Waals surface area contributed by atoms with Gasteiger partial charge in [-0.3, -0.25) is 9.48 Å². The number of nitrogens with one attached hydrogen (secondary N) is 2. The Labute approximate surface area is 128 Å². The summed E-state index contributed by atoms with van der Waals surface area (Å²) in [7, 11) is 0. The van der Waals surface area contributed by atoms with Crippen molar-refractivity contribution in [2.45, 2.75) is 24.9 Å². The summed E-state index contributed by atoms with van der Waals surface area (Å²) in [6.07, 6.45) is 4.92. The van der Waals surface area contributed by atoms with E-state index in [-0.39, 0.29) is 11.7 Å². The SMILES string of the molecule is O=C(NCc1ccc(F)cc1)C1(n2cccn2)CCNCC1. The molecule has 3 rings (SSSR count). The van der Waals surface area contributed by atoms with E-state index in [0.717, 1.165) is 18.7 Å². The third-order valence-corrected chi connectivity index (χ3v) is 4.16. The minimum Gasteiger partial charge on any atom is -0.350 e. The largest absolute Gasteiger partial charge is 0.350 e. The van der Waals surface area contributed by atoms with E-state index in [0.29, 0.717) is 19.4 Å². The predicted molar refractivity (Wildman–Crippen MR) is 80.6 cm³/mol. The minimum absolute atomic E-state index is 0.0398. The number of halogens is 1. The molecule has 1 aromatic carbocycles. The Morgan fingerprint density at radius 3 is 2.68 bits per heavy atom. The van der Waals surface area contributed by atoms with Crippen LogP contribution < -0.4 is 10.6 Å². The highest BCUT2D eigenvalue weighted by molar-refractivity contribution is 5.84. The van der Waals surface area contributed by atoms with Crippen molar-refractivity contribution in [2.75, 3.05) is 13.1 Å². The van der Waals surface area contributed by atoms with Gasteiger partial charge in [0.2, 0.25) is 5.91 Å². The van der Waals surface area contributed by atoms with Crippen LogP contribution in [-0.4, -0.2) is 28.8 Å². The maximum atomic E-state index is 12.9. The van der Waals surface area contributed by atoms with Crippen LogP contribution in [0.1, 0.15) is 18.4 Å². The molecular weight excluding hydrogens is 283 g/mol. The number of hydrogen-bond donors (Lipinski definition) is 2. The summed E-state index contributed by atoms with van der Waals surface area (Å²) >= 11 is 0. The Kier molecular flexibility index (Phi) is 4.20. The third kappa shape index (κ3) is 2.87. The Morgan fingerprint density at radius 1 is 1.32 bits per heavy atom. The number of rotatable bonds is 4. The maximum absolute atomic E-state index is 12.9. The quantitative estimate of drug-likeness (QED) is 0.898. The molecule has 116 valence electrons. The molecule has 0 atom stereocenters. The maximum Gasteiger partial charge on any atom is 0.248 e. The summed E-state index contributed by atoms with van der Waals surface area (Å²) in [6.45, 7) is 1.95. The van der Waals surface area contributed by atoms with Crippen molar-refractivity contribution < 1.29 is 9.18 Å². The summed E-state index contributed by atoms with van der Waals surface area (Å²) in [5.41, 5.74) is 0.230. The van der Waals surface area contributed by atoms with Crippen LogP contribution in [0.2, 0.25) is 0 Å². The van der Waals surface area contributed by atoms with E-state index < -0.39 is 5.54 Å². The van der Waals surface area contributed by atoms with Crippen LogP contribution in [0.25, 0.3) is 0 Å². The van der Waals surface area contributed by atoms with Gasteiger partial charge in [0.1, 0.15) is 11.4 Å². The van der Waals surface area contributed by atoms with E-state index in [4.69, 9.17) is 0 Å².